The molecule has 0 amide bonds. The maximum absolute atomic E-state index is 5.76. The van der Waals surface area contributed by atoms with Gasteiger partial charge in [0.2, 0.25) is 0 Å². The molecular formula is C10H19Cl2N3. The Balaban J connectivity index is 0. The van der Waals surface area contributed by atoms with E-state index in [1.54, 1.807) is 0 Å². The first-order valence-electron chi connectivity index (χ1n) is 4.43. The van der Waals surface area contributed by atoms with E-state index in [2.05, 4.69) is 24.3 Å². The van der Waals surface area contributed by atoms with E-state index in [0.29, 0.717) is 0 Å². The minimum Gasteiger partial charge on any atom is -0.397 e. The Morgan fingerprint density at radius 1 is 1.20 bits per heavy atom. The summed E-state index contributed by atoms with van der Waals surface area (Å²) in [6, 6.07) is 7.81. The van der Waals surface area contributed by atoms with Crippen molar-refractivity contribution in [2.45, 2.75) is 0 Å². The fourth-order valence-electron chi connectivity index (χ4n) is 1.07. The Kier molecular flexibility index (Phi) is 9.68. The molecule has 88 valence electrons. The number of rotatable bonds is 4. The molecule has 0 atom stereocenters. The van der Waals surface area contributed by atoms with Crippen molar-refractivity contribution in [2.24, 2.45) is 0 Å². The molecule has 0 radical (unpaired) electrons. The molecule has 5 heteroatoms. The molecule has 0 heterocycles. The summed E-state index contributed by atoms with van der Waals surface area (Å²) in [5, 5.41) is 3.28. The number of hydrogen-bond acceptors (Lipinski definition) is 3. The van der Waals surface area contributed by atoms with Crippen LogP contribution in [0.4, 0.5) is 11.4 Å². The molecule has 0 saturated carbocycles. The molecule has 0 aromatic heterocycles. The van der Waals surface area contributed by atoms with E-state index in [1.165, 1.54) is 0 Å². The van der Waals surface area contributed by atoms with E-state index in [0.717, 1.165) is 24.5 Å². The van der Waals surface area contributed by atoms with Crippen LogP contribution in [0.2, 0.25) is 0 Å². The molecule has 0 spiro atoms. The summed E-state index contributed by atoms with van der Waals surface area (Å²) >= 11 is 0. The maximum atomic E-state index is 5.76. The van der Waals surface area contributed by atoms with E-state index in [9.17, 15) is 0 Å². The second-order valence-electron chi connectivity index (χ2n) is 3.32. The molecule has 0 aliphatic rings. The van der Waals surface area contributed by atoms with Gasteiger partial charge in [-0.3, -0.25) is 0 Å². The molecule has 1 aromatic carbocycles. The number of nitrogen functional groups attached to an aromatic ring is 1. The zero-order valence-corrected chi connectivity index (χ0v) is 10.7. The van der Waals surface area contributed by atoms with Gasteiger partial charge in [0.15, 0.2) is 0 Å². The zero-order chi connectivity index (χ0) is 9.68. The third-order valence-electron chi connectivity index (χ3n) is 1.84. The second kappa shape index (κ2) is 8.65. The van der Waals surface area contributed by atoms with E-state index in [1.807, 2.05) is 24.3 Å². The van der Waals surface area contributed by atoms with Crippen molar-refractivity contribution in [3.8, 4) is 0 Å². The minimum atomic E-state index is 0. The minimum absolute atomic E-state index is 0. The standard InChI is InChI=1S/C10H17N3.2ClH/c1-13(2)8-7-12-10-6-4-3-5-9(10)11;;/h3-6,12H,7-8,11H2,1-2H3;2*1H. The van der Waals surface area contributed by atoms with Crippen molar-refractivity contribution in [3.05, 3.63) is 24.3 Å². The first-order chi connectivity index (χ1) is 6.20. The quantitative estimate of drug-likeness (QED) is 0.806. The molecule has 0 saturated heterocycles. The van der Waals surface area contributed by atoms with Crippen molar-refractivity contribution >= 4 is 36.2 Å². The van der Waals surface area contributed by atoms with Gasteiger partial charge < -0.3 is 16.0 Å². The molecule has 3 nitrogen and oxygen atoms in total. The van der Waals surface area contributed by atoms with Crippen LogP contribution in [0.25, 0.3) is 0 Å². The molecular weight excluding hydrogens is 233 g/mol. The first kappa shape index (κ1) is 16.8. The van der Waals surface area contributed by atoms with Crippen LogP contribution in [0.5, 0.6) is 0 Å². The van der Waals surface area contributed by atoms with Crippen LogP contribution in [0.1, 0.15) is 0 Å². The summed E-state index contributed by atoms with van der Waals surface area (Å²) in [5.41, 5.74) is 7.59. The average molecular weight is 252 g/mol. The lowest BCUT2D eigenvalue weighted by Gasteiger charge is -2.12. The Labute approximate surface area is 104 Å². The van der Waals surface area contributed by atoms with Crippen LogP contribution in [-0.4, -0.2) is 32.1 Å². The normalized spacial score (nSPS) is 9.00. The van der Waals surface area contributed by atoms with E-state index in [4.69, 9.17) is 5.73 Å². The number of hydrogen-bond donors (Lipinski definition) is 2. The van der Waals surface area contributed by atoms with E-state index < -0.39 is 0 Å². The zero-order valence-electron chi connectivity index (χ0n) is 9.06. The van der Waals surface area contributed by atoms with Crippen LogP contribution in [-0.2, 0) is 0 Å². The number of benzene rings is 1. The second-order valence-corrected chi connectivity index (χ2v) is 3.32. The highest BCUT2D eigenvalue weighted by molar-refractivity contribution is 5.85. The first-order valence-corrected chi connectivity index (χ1v) is 4.43. The van der Waals surface area contributed by atoms with E-state index in [-0.39, 0.29) is 24.8 Å². The van der Waals surface area contributed by atoms with Gasteiger partial charge in [-0.1, -0.05) is 12.1 Å². The fraction of sp³-hybridized carbons (Fsp3) is 0.400. The maximum Gasteiger partial charge on any atom is 0.0574 e. The van der Waals surface area contributed by atoms with Crippen LogP contribution in [0.3, 0.4) is 0 Å². The molecule has 0 aliphatic heterocycles. The lowest BCUT2D eigenvalue weighted by Crippen LogP contribution is -2.21. The van der Waals surface area contributed by atoms with Gasteiger partial charge in [-0.15, -0.1) is 24.8 Å². The summed E-state index contributed by atoms with van der Waals surface area (Å²) in [6.07, 6.45) is 0. The number of nitrogens with zero attached hydrogens (tertiary/aromatic N) is 1. The molecule has 0 bridgehead atoms. The Bertz CT molecular complexity index is 267. The fourth-order valence-corrected chi connectivity index (χ4v) is 1.07. The number of para-hydroxylation sites is 2. The predicted molar refractivity (Wildman–Crippen MR) is 72.4 cm³/mol. The molecule has 1 aromatic rings. The van der Waals surface area contributed by atoms with Crippen molar-refractivity contribution in [2.75, 3.05) is 38.2 Å². The predicted octanol–water partition coefficient (Wildman–Crippen LogP) is 2.09. The lowest BCUT2D eigenvalue weighted by atomic mass is 10.3. The molecule has 3 N–H and O–H groups in total. The van der Waals surface area contributed by atoms with Gasteiger partial charge in [0.05, 0.1) is 11.4 Å². The Hall–Kier alpha value is -0.640. The van der Waals surface area contributed by atoms with Gasteiger partial charge in [-0.2, -0.15) is 0 Å². The monoisotopic (exact) mass is 251 g/mol. The molecule has 0 unspecified atom stereocenters. The van der Waals surface area contributed by atoms with Gasteiger partial charge in [0.1, 0.15) is 0 Å². The number of likely N-dealkylation sites (N-methyl/N-ethyl adjacent to an activating group) is 1. The van der Waals surface area contributed by atoms with Gasteiger partial charge >= 0.3 is 0 Å². The SMILES string of the molecule is CN(C)CCNc1ccccc1N.Cl.Cl. The molecule has 0 aliphatic carbocycles. The highest BCUT2D eigenvalue weighted by Gasteiger charge is 1.95. The smallest absolute Gasteiger partial charge is 0.0574 e. The third kappa shape index (κ3) is 6.44. The van der Waals surface area contributed by atoms with Crippen LogP contribution < -0.4 is 11.1 Å². The number of nitrogens with one attached hydrogen (secondary N) is 1. The lowest BCUT2D eigenvalue weighted by molar-refractivity contribution is 0.425. The topological polar surface area (TPSA) is 41.3 Å². The number of halogens is 2. The van der Waals surface area contributed by atoms with Crippen LogP contribution in [0, 0.1) is 0 Å². The third-order valence-corrected chi connectivity index (χ3v) is 1.84. The van der Waals surface area contributed by atoms with Gasteiger partial charge in [-0.25, -0.2) is 0 Å². The van der Waals surface area contributed by atoms with Crippen molar-refractivity contribution < 1.29 is 0 Å². The summed E-state index contributed by atoms with van der Waals surface area (Å²) in [5.74, 6) is 0. The van der Waals surface area contributed by atoms with Gasteiger partial charge in [0, 0.05) is 13.1 Å². The van der Waals surface area contributed by atoms with Crippen molar-refractivity contribution in [1.29, 1.82) is 0 Å². The van der Waals surface area contributed by atoms with Crippen LogP contribution >= 0.6 is 24.8 Å². The van der Waals surface area contributed by atoms with E-state index >= 15 is 0 Å². The summed E-state index contributed by atoms with van der Waals surface area (Å²) in [4.78, 5) is 2.13. The van der Waals surface area contributed by atoms with Crippen molar-refractivity contribution in [1.82, 2.24) is 4.90 Å². The summed E-state index contributed by atoms with van der Waals surface area (Å²) in [6.45, 7) is 1.93. The molecule has 1 rings (SSSR count). The highest BCUT2D eigenvalue weighted by Crippen LogP contribution is 2.15. The Morgan fingerprint density at radius 3 is 2.33 bits per heavy atom. The van der Waals surface area contributed by atoms with Crippen LogP contribution in [0.15, 0.2) is 24.3 Å². The summed E-state index contributed by atoms with van der Waals surface area (Å²) in [7, 11) is 4.10. The number of anilines is 2. The molecule has 15 heavy (non-hydrogen) atoms. The van der Waals surface area contributed by atoms with Gasteiger partial charge in [-0.05, 0) is 26.2 Å². The summed E-state index contributed by atoms with van der Waals surface area (Å²) < 4.78 is 0. The Morgan fingerprint density at radius 2 is 1.80 bits per heavy atom. The highest BCUT2D eigenvalue weighted by atomic mass is 35.5. The largest absolute Gasteiger partial charge is 0.397 e. The number of nitrogens with two attached hydrogens (primary N) is 1. The van der Waals surface area contributed by atoms with Crippen molar-refractivity contribution in [3.63, 3.8) is 0 Å². The average Bonchev–Trinajstić information content (AvgIpc) is 2.08. The van der Waals surface area contributed by atoms with Gasteiger partial charge in [0.25, 0.3) is 0 Å². The molecule has 0 fully saturated rings.